The van der Waals surface area contributed by atoms with E-state index in [2.05, 4.69) is 42.3 Å². The Kier molecular flexibility index (Phi) is 5.23. The molecule has 0 bridgehead atoms. The number of methoxy groups -OCH3 is 1. The second-order valence-corrected chi connectivity index (χ2v) is 5.25. The van der Waals surface area contributed by atoms with E-state index >= 15 is 0 Å². The highest BCUT2D eigenvalue weighted by atomic mass is 16.5. The summed E-state index contributed by atoms with van der Waals surface area (Å²) in [5.41, 5.74) is 2.86. The van der Waals surface area contributed by atoms with E-state index in [4.69, 9.17) is 4.74 Å². The Morgan fingerprint density at radius 1 is 1.26 bits per heavy atom. The first kappa shape index (κ1) is 14.4. The zero-order valence-corrected chi connectivity index (χ0v) is 12.4. The fraction of sp³-hybridized carbons (Fsp3) is 0.625. The molecule has 19 heavy (non-hydrogen) atoms. The van der Waals surface area contributed by atoms with Crippen molar-refractivity contribution >= 4 is 0 Å². The first-order valence-corrected chi connectivity index (χ1v) is 7.41. The maximum absolute atomic E-state index is 5.33. The van der Waals surface area contributed by atoms with Crippen LogP contribution in [0.4, 0.5) is 0 Å². The van der Waals surface area contributed by atoms with Crippen LogP contribution in [-0.4, -0.2) is 31.6 Å². The third kappa shape index (κ3) is 3.28. The predicted octanol–water partition coefficient (Wildman–Crippen LogP) is 2.96. The molecule has 1 aliphatic rings. The maximum atomic E-state index is 5.33. The summed E-state index contributed by atoms with van der Waals surface area (Å²) in [4.78, 5) is 2.61. The Labute approximate surface area is 116 Å². The van der Waals surface area contributed by atoms with Gasteiger partial charge in [0.15, 0.2) is 0 Å². The van der Waals surface area contributed by atoms with E-state index in [9.17, 15) is 0 Å². The standard InChI is InChI=1S/C16H26N2O/c1-4-8-18(9-5-2)16-12-17-11-13-10-14(19-3)6-7-15(13)16/h6-7,10,16-17H,4-5,8-9,11-12H2,1-3H3/t16-/m1/s1. The summed E-state index contributed by atoms with van der Waals surface area (Å²) in [7, 11) is 1.73. The minimum Gasteiger partial charge on any atom is -0.497 e. The van der Waals surface area contributed by atoms with E-state index in [0.717, 1.165) is 18.8 Å². The lowest BCUT2D eigenvalue weighted by Gasteiger charge is -2.36. The molecule has 0 amide bonds. The van der Waals surface area contributed by atoms with Crippen LogP contribution in [0.1, 0.15) is 43.9 Å². The van der Waals surface area contributed by atoms with Crippen LogP contribution in [0, 0.1) is 0 Å². The van der Waals surface area contributed by atoms with Gasteiger partial charge in [-0.3, -0.25) is 4.90 Å². The third-order valence-electron chi connectivity index (χ3n) is 3.82. The van der Waals surface area contributed by atoms with Crippen LogP contribution >= 0.6 is 0 Å². The van der Waals surface area contributed by atoms with Gasteiger partial charge in [0.25, 0.3) is 0 Å². The van der Waals surface area contributed by atoms with E-state index in [-0.39, 0.29) is 0 Å². The summed E-state index contributed by atoms with van der Waals surface area (Å²) >= 11 is 0. The van der Waals surface area contributed by atoms with Gasteiger partial charge in [-0.2, -0.15) is 0 Å². The minimum absolute atomic E-state index is 0.509. The molecule has 1 aromatic carbocycles. The number of nitrogens with zero attached hydrogens (tertiary/aromatic N) is 1. The lowest BCUT2D eigenvalue weighted by Crippen LogP contribution is -2.40. The van der Waals surface area contributed by atoms with Gasteiger partial charge in [0, 0.05) is 19.1 Å². The van der Waals surface area contributed by atoms with Crippen LogP contribution in [0.25, 0.3) is 0 Å². The van der Waals surface area contributed by atoms with Gasteiger partial charge in [-0.05, 0) is 49.2 Å². The number of rotatable bonds is 6. The van der Waals surface area contributed by atoms with Gasteiger partial charge < -0.3 is 10.1 Å². The first-order valence-electron chi connectivity index (χ1n) is 7.41. The smallest absolute Gasteiger partial charge is 0.119 e. The first-order chi connectivity index (χ1) is 9.30. The fourth-order valence-corrected chi connectivity index (χ4v) is 2.96. The van der Waals surface area contributed by atoms with E-state index in [1.165, 1.54) is 37.1 Å². The van der Waals surface area contributed by atoms with Crippen molar-refractivity contribution in [1.29, 1.82) is 0 Å². The molecule has 1 N–H and O–H groups in total. The lowest BCUT2D eigenvalue weighted by molar-refractivity contribution is 0.185. The van der Waals surface area contributed by atoms with Crippen LogP contribution in [0.3, 0.4) is 0 Å². The largest absolute Gasteiger partial charge is 0.497 e. The molecule has 0 aromatic heterocycles. The molecule has 0 aliphatic carbocycles. The molecule has 0 fully saturated rings. The van der Waals surface area contributed by atoms with Gasteiger partial charge in [-0.25, -0.2) is 0 Å². The SMILES string of the molecule is CCCN(CCC)[C@@H]1CNCc2cc(OC)ccc21. The van der Waals surface area contributed by atoms with Gasteiger partial charge in [0.05, 0.1) is 7.11 Å². The zero-order valence-electron chi connectivity index (χ0n) is 12.4. The summed E-state index contributed by atoms with van der Waals surface area (Å²) in [6.45, 7) is 8.87. The van der Waals surface area contributed by atoms with Crippen LogP contribution < -0.4 is 10.1 Å². The lowest BCUT2D eigenvalue weighted by atomic mass is 9.95. The zero-order chi connectivity index (χ0) is 13.7. The maximum Gasteiger partial charge on any atom is 0.119 e. The molecule has 0 radical (unpaired) electrons. The van der Waals surface area contributed by atoms with Gasteiger partial charge in [0.1, 0.15) is 5.75 Å². The van der Waals surface area contributed by atoms with Gasteiger partial charge >= 0.3 is 0 Å². The van der Waals surface area contributed by atoms with Crippen molar-refractivity contribution in [2.24, 2.45) is 0 Å². The molecule has 0 unspecified atom stereocenters. The van der Waals surface area contributed by atoms with Crippen molar-refractivity contribution in [2.45, 2.75) is 39.3 Å². The number of hydrogen-bond acceptors (Lipinski definition) is 3. The molecule has 3 nitrogen and oxygen atoms in total. The Bertz CT molecular complexity index is 400. The second-order valence-electron chi connectivity index (χ2n) is 5.25. The highest BCUT2D eigenvalue weighted by Crippen LogP contribution is 2.30. The number of ether oxygens (including phenoxy) is 1. The van der Waals surface area contributed by atoms with Crippen molar-refractivity contribution in [1.82, 2.24) is 10.2 Å². The third-order valence-corrected chi connectivity index (χ3v) is 3.82. The van der Waals surface area contributed by atoms with E-state index in [1.807, 2.05) is 0 Å². The Morgan fingerprint density at radius 2 is 2.00 bits per heavy atom. The molecule has 106 valence electrons. The highest BCUT2D eigenvalue weighted by Gasteiger charge is 2.25. The number of fused-ring (bicyclic) bond motifs is 1. The van der Waals surface area contributed by atoms with Crippen molar-refractivity contribution in [3.63, 3.8) is 0 Å². The molecule has 2 rings (SSSR count). The fourth-order valence-electron chi connectivity index (χ4n) is 2.96. The van der Waals surface area contributed by atoms with Gasteiger partial charge in [-0.1, -0.05) is 19.9 Å². The van der Waals surface area contributed by atoms with Crippen LogP contribution in [-0.2, 0) is 6.54 Å². The topological polar surface area (TPSA) is 24.5 Å². The Morgan fingerprint density at radius 3 is 2.63 bits per heavy atom. The molecule has 0 spiro atoms. The summed E-state index contributed by atoms with van der Waals surface area (Å²) in [5, 5.41) is 3.54. The normalized spacial score (nSPS) is 18.4. The van der Waals surface area contributed by atoms with E-state index < -0.39 is 0 Å². The van der Waals surface area contributed by atoms with Gasteiger partial charge in [0.2, 0.25) is 0 Å². The summed E-state index contributed by atoms with van der Waals surface area (Å²) in [5.74, 6) is 0.957. The number of hydrogen-bond donors (Lipinski definition) is 1. The van der Waals surface area contributed by atoms with Crippen molar-refractivity contribution in [3.05, 3.63) is 29.3 Å². The molecule has 0 saturated heterocycles. The quantitative estimate of drug-likeness (QED) is 0.853. The summed E-state index contributed by atoms with van der Waals surface area (Å²) < 4.78 is 5.33. The van der Waals surface area contributed by atoms with Crippen LogP contribution in [0.5, 0.6) is 5.75 Å². The molecular weight excluding hydrogens is 236 g/mol. The second kappa shape index (κ2) is 6.92. The number of nitrogens with one attached hydrogen (secondary N) is 1. The van der Waals surface area contributed by atoms with Crippen LogP contribution in [0.15, 0.2) is 18.2 Å². The molecule has 1 aromatic rings. The molecule has 1 heterocycles. The average molecular weight is 262 g/mol. The molecule has 0 saturated carbocycles. The van der Waals surface area contributed by atoms with Crippen molar-refractivity contribution < 1.29 is 4.74 Å². The molecule has 1 aliphatic heterocycles. The molecule has 1 atom stereocenters. The Balaban J connectivity index is 2.24. The Hall–Kier alpha value is -1.06. The monoisotopic (exact) mass is 262 g/mol. The summed E-state index contributed by atoms with van der Waals surface area (Å²) in [6.07, 6.45) is 2.42. The average Bonchev–Trinajstić information content (AvgIpc) is 2.46. The van der Waals surface area contributed by atoms with Crippen molar-refractivity contribution in [2.75, 3.05) is 26.7 Å². The highest BCUT2D eigenvalue weighted by molar-refractivity contribution is 5.39. The minimum atomic E-state index is 0.509. The van der Waals surface area contributed by atoms with E-state index in [0.29, 0.717) is 6.04 Å². The van der Waals surface area contributed by atoms with E-state index in [1.54, 1.807) is 7.11 Å². The predicted molar refractivity (Wildman–Crippen MR) is 79.6 cm³/mol. The van der Waals surface area contributed by atoms with Crippen molar-refractivity contribution in [3.8, 4) is 5.75 Å². The summed E-state index contributed by atoms with van der Waals surface area (Å²) in [6, 6.07) is 7.02. The van der Waals surface area contributed by atoms with Gasteiger partial charge in [-0.15, -0.1) is 0 Å². The molecular formula is C16H26N2O. The van der Waals surface area contributed by atoms with Crippen LogP contribution in [0.2, 0.25) is 0 Å². The number of benzene rings is 1. The molecule has 3 heteroatoms.